The van der Waals surface area contributed by atoms with E-state index in [1.807, 2.05) is 0 Å². The minimum atomic E-state index is -0.865. The zero-order valence-corrected chi connectivity index (χ0v) is 10.5. The number of carbonyl (C=O) groups is 2. The lowest BCUT2D eigenvalue weighted by atomic mass is 10.1. The highest BCUT2D eigenvalue weighted by Crippen LogP contribution is 2.17. The number of rotatable bonds is 5. The van der Waals surface area contributed by atoms with Crippen molar-refractivity contribution < 1.29 is 19.8 Å². The summed E-state index contributed by atoms with van der Waals surface area (Å²) in [6.45, 7) is 2.11. The van der Waals surface area contributed by atoms with Crippen molar-refractivity contribution >= 4 is 11.9 Å². The van der Waals surface area contributed by atoms with Gasteiger partial charge < -0.3 is 15.1 Å². The standard InChI is InChI=1S/C13H17NO4/c1-9-8-10(5-6-11(9)15)13(18)14(2)7-3-4-12(16)17/h5-6,8,15H,3-4,7H2,1-2H3,(H,16,17). The average Bonchev–Trinajstić information content (AvgIpc) is 2.31. The van der Waals surface area contributed by atoms with Crippen LogP contribution in [-0.2, 0) is 4.79 Å². The van der Waals surface area contributed by atoms with E-state index in [1.54, 1.807) is 26.1 Å². The van der Waals surface area contributed by atoms with Crippen molar-refractivity contribution in [2.24, 2.45) is 0 Å². The Labute approximate surface area is 106 Å². The van der Waals surface area contributed by atoms with E-state index in [1.165, 1.54) is 11.0 Å². The number of phenols is 1. The molecule has 0 aromatic heterocycles. The molecule has 1 amide bonds. The molecule has 18 heavy (non-hydrogen) atoms. The molecule has 0 saturated heterocycles. The van der Waals surface area contributed by atoms with Crippen LogP contribution in [0, 0.1) is 6.92 Å². The molecule has 0 unspecified atom stereocenters. The summed E-state index contributed by atoms with van der Waals surface area (Å²) in [4.78, 5) is 23.8. The predicted octanol–water partition coefficient (Wildman–Crippen LogP) is 1.64. The molecule has 0 fully saturated rings. The van der Waals surface area contributed by atoms with Crippen LogP contribution in [-0.4, -0.2) is 40.6 Å². The molecule has 0 aliphatic carbocycles. The normalized spacial score (nSPS) is 10.1. The summed E-state index contributed by atoms with van der Waals surface area (Å²) in [5.74, 6) is -0.889. The Morgan fingerprint density at radius 2 is 2.00 bits per heavy atom. The fraction of sp³-hybridized carbons (Fsp3) is 0.385. The first-order valence-electron chi connectivity index (χ1n) is 5.68. The molecule has 0 aliphatic rings. The van der Waals surface area contributed by atoms with E-state index in [0.717, 1.165) is 0 Å². The highest BCUT2D eigenvalue weighted by Gasteiger charge is 2.12. The monoisotopic (exact) mass is 251 g/mol. The first-order valence-corrected chi connectivity index (χ1v) is 5.68. The highest BCUT2D eigenvalue weighted by molar-refractivity contribution is 5.94. The van der Waals surface area contributed by atoms with Crippen LogP contribution in [0.5, 0.6) is 5.75 Å². The number of aromatic hydroxyl groups is 1. The molecule has 1 aromatic carbocycles. The number of phenolic OH excluding ortho intramolecular Hbond substituents is 1. The van der Waals surface area contributed by atoms with Gasteiger partial charge in [-0.1, -0.05) is 0 Å². The minimum Gasteiger partial charge on any atom is -0.508 e. The minimum absolute atomic E-state index is 0.0478. The van der Waals surface area contributed by atoms with Crippen molar-refractivity contribution in [2.75, 3.05) is 13.6 Å². The number of carboxylic acids is 1. The number of carboxylic acid groups (broad SMARTS) is 1. The van der Waals surface area contributed by atoms with Crippen LogP contribution < -0.4 is 0 Å². The molecule has 5 heteroatoms. The van der Waals surface area contributed by atoms with Crippen LogP contribution in [0.2, 0.25) is 0 Å². The number of amides is 1. The second kappa shape index (κ2) is 6.05. The van der Waals surface area contributed by atoms with Crippen LogP contribution in [0.3, 0.4) is 0 Å². The Morgan fingerprint density at radius 1 is 1.33 bits per heavy atom. The van der Waals surface area contributed by atoms with Crippen molar-refractivity contribution in [3.8, 4) is 5.75 Å². The van der Waals surface area contributed by atoms with Gasteiger partial charge in [0.05, 0.1) is 0 Å². The second-order valence-electron chi connectivity index (χ2n) is 4.23. The fourth-order valence-corrected chi connectivity index (χ4v) is 1.58. The molecule has 0 heterocycles. The van der Waals surface area contributed by atoms with Gasteiger partial charge in [-0.05, 0) is 37.1 Å². The highest BCUT2D eigenvalue weighted by atomic mass is 16.4. The van der Waals surface area contributed by atoms with E-state index < -0.39 is 5.97 Å². The number of aliphatic carboxylic acids is 1. The number of nitrogens with zero attached hydrogens (tertiary/aromatic N) is 1. The van der Waals surface area contributed by atoms with Gasteiger partial charge in [0.15, 0.2) is 0 Å². The van der Waals surface area contributed by atoms with Gasteiger partial charge in [0.2, 0.25) is 0 Å². The van der Waals surface area contributed by atoms with Crippen molar-refractivity contribution in [2.45, 2.75) is 19.8 Å². The van der Waals surface area contributed by atoms with E-state index in [0.29, 0.717) is 24.1 Å². The summed E-state index contributed by atoms with van der Waals surface area (Å²) in [7, 11) is 1.63. The molecule has 0 radical (unpaired) electrons. The Morgan fingerprint density at radius 3 is 2.56 bits per heavy atom. The maximum atomic E-state index is 12.0. The van der Waals surface area contributed by atoms with Crippen LogP contribution in [0.1, 0.15) is 28.8 Å². The van der Waals surface area contributed by atoms with Gasteiger partial charge in [-0.3, -0.25) is 9.59 Å². The maximum Gasteiger partial charge on any atom is 0.303 e. The van der Waals surface area contributed by atoms with Crippen molar-refractivity contribution in [1.29, 1.82) is 0 Å². The summed E-state index contributed by atoms with van der Waals surface area (Å²) in [6, 6.07) is 4.65. The summed E-state index contributed by atoms with van der Waals surface area (Å²) in [5, 5.41) is 17.9. The summed E-state index contributed by atoms with van der Waals surface area (Å²) in [5.41, 5.74) is 1.13. The Balaban J connectivity index is 2.62. The molecule has 0 saturated carbocycles. The summed E-state index contributed by atoms with van der Waals surface area (Å²) < 4.78 is 0. The van der Waals surface area contributed by atoms with E-state index in [9.17, 15) is 14.7 Å². The van der Waals surface area contributed by atoms with Crippen LogP contribution >= 0.6 is 0 Å². The van der Waals surface area contributed by atoms with Gasteiger partial charge in [0.1, 0.15) is 5.75 Å². The number of hydrogen-bond acceptors (Lipinski definition) is 3. The quantitative estimate of drug-likeness (QED) is 0.833. The van der Waals surface area contributed by atoms with E-state index in [2.05, 4.69) is 0 Å². The molecule has 5 nitrogen and oxygen atoms in total. The molecule has 0 bridgehead atoms. The third kappa shape index (κ3) is 3.76. The smallest absolute Gasteiger partial charge is 0.303 e. The SMILES string of the molecule is Cc1cc(C(=O)N(C)CCCC(=O)O)ccc1O. The lowest BCUT2D eigenvalue weighted by Crippen LogP contribution is -2.28. The lowest BCUT2D eigenvalue weighted by Gasteiger charge is -2.17. The third-order valence-electron chi connectivity index (χ3n) is 2.67. The second-order valence-corrected chi connectivity index (χ2v) is 4.23. The zero-order chi connectivity index (χ0) is 13.7. The van der Waals surface area contributed by atoms with Crippen molar-refractivity contribution in [3.63, 3.8) is 0 Å². The van der Waals surface area contributed by atoms with Crippen LogP contribution in [0.4, 0.5) is 0 Å². The fourth-order valence-electron chi connectivity index (χ4n) is 1.58. The van der Waals surface area contributed by atoms with Gasteiger partial charge in [-0.25, -0.2) is 0 Å². The molecule has 98 valence electrons. The first-order chi connectivity index (χ1) is 8.41. The lowest BCUT2D eigenvalue weighted by molar-refractivity contribution is -0.137. The van der Waals surface area contributed by atoms with E-state index >= 15 is 0 Å². The Hall–Kier alpha value is -2.04. The summed E-state index contributed by atoms with van der Waals surface area (Å²) in [6.07, 6.45) is 0.473. The maximum absolute atomic E-state index is 12.0. The number of benzene rings is 1. The van der Waals surface area contributed by atoms with Crippen molar-refractivity contribution in [1.82, 2.24) is 4.90 Å². The topological polar surface area (TPSA) is 77.8 Å². The molecule has 1 aromatic rings. The van der Waals surface area contributed by atoms with E-state index in [4.69, 9.17) is 5.11 Å². The molecule has 1 rings (SSSR count). The van der Waals surface area contributed by atoms with Gasteiger partial charge in [-0.2, -0.15) is 0 Å². The Kier molecular flexibility index (Phi) is 4.71. The molecule has 0 spiro atoms. The van der Waals surface area contributed by atoms with Gasteiger partial charge >= 0.3 is 5.97 Å². The molecule has 2 N–H and O–H groups in total. The van der Waals surface area contributed by atoms with E-state index in [-0.39, 0.29) is 18.1 Å². The first kappa shape index (κ1) is 14.0. The average molecular weight is 251 g/mol. The Bertz CT molecular complexity index is 456. The molecule has 0 atom stereocenters. The number of hydrogen-bond donors (Lipinski definition) is 2. The third-order valence-corrected chi connectivity index (χ3v) is 2.67. The molecule has 0 aliphatic heterocycles. The predicted molar refractivity (Wildman–Crippen MR) is 66.7 cm³/mol. The van der Waals surface area contributed by atoms with Crippen LogP contribution in [0.15, 0.2) is 18.2 Å². The van der Waals surface area contributed by atoms with Gasteiger partial charge in [-0.15, -0.1) is 0 Å². The van der Waals surface area contributed by atoms with Gasteiger partial charge in [0.25, 0.3) is 5.91 Å². The number of carbonyl (C=O) groups excluding carboxylic acids is 1. The van der Waals surface area contributed by atoms with Crippen LogP contribution in [0.25, 0.3) is 0 Å². The molecular weight excluding hydrogens is 234 g/mol. The molecular formula is C13H17NO4. The van der Waals surface area contributed by atoms with Gasteiger partial charge in [0, 0.05) is 25.6 Å². The largest absolute Gasteiger partial charge is 0.508 e. The van der Waals surface area contributed by atoms with Crippen molar-refractivity contribution in [3.05, 3.63) is 29.3 Å². The summed E-state index contributed by atoms with van der Waals surface area (Å²) >= 11 is 0. The zero-order valence-electron chi connectivity index (χ0n) is 10.5. The number of aryl methyl sites for hydroxylation is 1.